The number of hydrogen-bond acceptors (Lipinski definition) is 3. The molecule has 1 heterocycles. The quantitative estimate of drug-likeness (QED) is 0.893. The number of amides is 1. The Hall–Kier alpha value is -1.58. The first kappa shape index (κ1) is 12.9. The Balaban J connectivity index is 1.97. The van der Waals surface area contributed by atoms with E-state index in [-0.39, 0.29) is 5.91 Å². The molecule has 1 aromatic heterocycles. The summed E-state index contributed by atoms with van der Waals surface area (Å²) in [5, 5.41) is 3.10. The number of hydrogen-bond donors (Lipinski definition) is 1. The molecule has 2 atom stereocenters. The Morgan fingerprint density at radius 3 is 2.78 bits per heavy atom. The first-order valence-corrected chi connectivity index (χ1v) is 6.51. The van der Waals surface area contributed by atoms with Crippen LogP contribution in [-0.2, 0) is 0 Å². The number of nitrogens with zero attached hydrogens (tertiary/aromatic N) is 1. The SMILES string of the molecule is COc1ccc(C(=O)N[C@@H]2CCCC[C@H]2C)cn1. The van der Waals surface area contributed by atoms with Crippen LogP contribution in [-0.4, -0.2) is 24.0 Å². The van der Waals surface area contributed by atoms with Gasteiger partial charge in [0.2, 0.25) is 5.88 Å². The highest BCUT2D eigenvalue weighted by atomic mass is 16.5. The molecule has 4 nitrogen and oxygen atoms in total. The van der Waals surface area contributed by atoms with Gasteiger partial charge in [-0.2, -0.15) is 0 Å². The minimum absolute atomic E-state index is 0.0381. The number of methoxy groups -OCH3 is 1. The zero-order valence-electron chi connectivity index (χ0n) is 11.0. The van der Waals surface area contributed by atoms with Crippen LogP contribution in [0.25, 0.3) is 0 Å². The molecular formula is C14H20N2O2. The van der Waals surface area contributed by atoms with Crippen LogP contribution in [0.2, 0.25) is 0 Å². The van der Waals surface area contributed by atoms with E-state index in [1.165, 1.54) is 19.3 Å². The summed E-state index contributed by atoms with van der Waals surface area (Å²) in [7, 11) is 1.56. The van der Waals surface area contributed by atoms with Crippen LogP contribution < -0.4 is 10.1 Å². The van der Waals surface area contributed by atoms with Gasteiger partial charge < -0.3 is 10.1 Å². The van der Waals surface area contributed by atoms with E-state index in [0.717, 1.165) is 6.42 Å². The molecule has 18 heavy (non-hydrogen) atoms. The Morgan fingerprint density at radius 1 is 1.39 bits per heavy atom. The van der Waals surface area contributed by atoms with Crippen molar-refractivity contribution in [3.05, 3.63) is 23.9 Å². The van der Waals surface area contributed by atoms with Crippen molar-refractivity contribution < 1.29 is 9.53 Å². The van der Waals surface area contributed by atoms with Crippen LogP contribution in [0, 0.1) is 5.92 Å². The molecule has 1 amide bonds. The molecular weight excluding hydrogens is 228 g/mol. The van der Waals surface area contributed by atoms with Gasteiger partial charge in [-0.15, -0.1) is 0 Å². The molecule has 1 aliphatic rings. The third-order valence-electron chi connectivity index (χ3n) is 3.64. The molecule has 0 aromatic carbocycles. The summed E-state index contributed by atoms with van der Waals surface area (Å²) in [5.41, 5.74) is 0.591. The van der Waals surface area contributed by atoms with Gasteiger partial charge in [0.1, 0.15) is 0 Å². The average Bonchev–Trinajstić information content (AvgIpc) is 2.41. The van der Waals surface area contributed by atoms with Crippen molar-refractivity contribution in [2.45, 2.75) is 38.6 Å². The largest absolute Gasteiger partial charge is 0.481 e. The van der Waals surface area contributed by atoms with Gasteiger partial charge in [0.05, 0.1) is 12.7 Å². The smallest absolute Gasteiger partial charge is 0.253 e. The van der Waals surface area contributed by atoms with Crippen molar-refractivity contribution in [3.8, 4) is 5.88 Å². The third-order valence-corrected chi connectivity index (χ3v) is 3.64. The number of pyridine rings is 1. The average molecular weight is 248 g/mol. The van der Waals surface area contributed by atoms with Crippen LogP contribution in [0.15, 0.2) is 18.3 Å². The molecule has 0 spiro atoms. The topological polar surface area (TPSA) is 51.2 Å². The molecule has 1 fully saturated rings. The predicted molar refractivity (Wildman–Crippen MR) is 69.7 cm³/mol. The van der Waals surface area contributed by atoms with Crippen LogP contribution in [0.4, 0.5) is 0 Å². The minimum atomic E-state index is -0.0381. The lowest BCUT2D eigenvalue weighted by molar-refractivity contribution is 0.0910. The molecule has 4 heteroatoms. The molecule has 2 rings (SSSR count). The summed E-state index contributed by atoms with van der Waals surface area (Å²) in [6.07, 6.45) is 6.32. The van der Waals surface area contributed by atoms with Crippen molar-refractivity contribution in [1.29, 1.82) is 0 Å². The van der Waals surface area contributed by atoms with Gasteiger partial charge in [-0.25, -0.2) is 4.98 Å². The van der Waals surface area contributed by atoms with Crippen molar-refractivity contribution in [1.82, 2.24) is 10.3 Å². The van der Waals surface area contributed by atoms with Crippen molar-refractivity contribution in [2.75, 3.05) is 7.11 Å². The van der Waals surface area contributed by atoms with Gasteiger partial charge >= 0.3 is 0 Å². The number of nitrogens with one attached hydrogen (secondary N) is 1. The highest BCUT2D eigenvalue weighted by molar-refractivity contribution is 5.94. The maximum Gasteiger partial charge on any atom is 0.253 e. The number of carbonyl (C=O) groups is 1. The second-order valence-corrected chi connectivity index (χ2v) is 4.93. The Labute approximate surface area is 108 Å². The Morgan fingerprint density at radius 2 is 2.17 bits per heavy atom. The van der Waals surface area contributed by atoms with E-state index in [0.29, 0.717) is 23.4 Å². The fourth-order valence-corrected chi connectivity index (χ4v) is 2.42. The third kappa shape index (κ3) is 3.00. The van der Waals surface area contributed by atoms with E-state index in [1.54, 1.807) is 25.4 Å². The number of ether oxygens (including phenoxy) is 1. The van der Waals surface area contributed by atoms with E-state index >= 15 is 0 Å². The summed E-state index contributed by atoms with van der Waals surface area (Å²) < 4.78 is 4.97. The molecule has 1 N–H and O–H groups in total. The van der Waals surface area contributed by atoms with Gasteiger partial charge in [0.25, 0.3) is 5.91 Å². The highest BCUT2D eigenvalue weighted by Crippen LogP contribution is 2.24. The lowest BCUT2D eigenvalue weighted by atomic mass is 9.86. The normalized spacial score (nSPS) is 23.4. The summed E-state index contributed by atoms with van der Waals surface area (Å²) in [6.45, 7) is 2.20. The number of rotatable bonds is 3. The zero-order valence-corrected chi connectivity index (χ0v) is 11.0. The van der Waals surface area contributed by atoms with E-state index < -0.39 is 0 Å². The zero-order chi connectivity index (χ0) is 13.0. The van der Waals surface area contributed by atoms with Crippen LogP contribution >= 0.6 is 0 Å². The molecule has 0 unspecified atom stereocenters. The highest BCUT2D eigenvalue weighted by Gasteiger charge is 2.23. The van der Waals surface area contributed by atoms with Crippen molar-refractivity contribution >= 4 is 5.91 Å². The lowest BCUT2D eigenvalue weighted by Gasteiger charge is -2.29. The maximum absolute atomic E-state index is 12.1. The minimum Gasteiger partial charge on any atom is -0.481 e. The molecule has 1 aromatic rings. The molecule has 0 radical (unpaired) electrons. The van der Waals surface area contributed by atoms with E-state index in [2.05, 4.69) is 17.2 Å². The fourth-order valence-electron chi connectivity index (χ4n) is 2.42. The predicted octanol–water partition coefficient (Wildman–Crippen LogP) is 2.40. The Bertz CT molecular complexity index is 403. The van der Waals surface area contributed by atoms with Crippen molar-refractivity contribution in [3.63, 3.8) is 0 Å². The van der Waals surface area contributed by atoms with E-state index in [4.69, 9.17) is 4.74 Å². The van der Waals surface area contributed by atoms with Gasteiger partial charge in [0, 0.05) is 18.3 Å². The van der Waals surface area contributed by atoms with Gasteiger partial charge in [-0.1, -0.05) is 19.8 Å². The molecule has 0 saturated heterocycles. The van der Waals surface area contributed by atoms with Crippen LogP contribution in [0.1, 0.15) is 43.0 Å². The van der Waals surface area contributed by atoms with Gasteiger partial charge in [0.15, 0.2) is 0 Å². The van der Waals surface area contributed by atoms with E-state index in [1.807, 2.05) is 0 Å². The monoisotopic (exact) mass is 248 g/mol. The lowest BCUT2D eigenvalue weighted by Crippen LogP contribution is -2.41. The summed E-state index contributed by atoms with van der Waals surface area (Å²) in [6, 6.07) is 3.75. The number of aromatic nitrogens is 1. The summed E-state index contributed by atoms with van der Waals surface area (Å²) in [4.78, 5) is 16.1. The molecule has 1 aliphatic carbocycles. The second kappa shape index (κ2) is 5.85. The molecule has 0 bridgehead atoms. The van der Waals surface area contributed by atoms with E-state index in [9.17, 15) is 4.79 Å². The van der Waals surface area contributed by atoms with Crippen molar-refractivity contribution in [2.24, 2.45) is 5.92 Å². The first-order chi connectivity index (χ1) is 8.70. The maximum atomic E-state index is 12.1. The van der Waals surface area contributed by atoms with Crippen LogP contribution in [0.5, 0.6) is 5.88 Å². The van der Waals surface area contributed by atoms with Gasteiger partial charge in [-0.05, 0) is 24.8 Å². The summed E-state index contributed by atoms with van der Waals surface area (Å²) >= 11 is 0. The molecule has 1 saturated carbocycles. The standard InChI is InChI=1S/C14H20N2O2/c1-10-5-3-4-6-12(10)16-14(17)11-7-8-13(18-2)15-9-11/h7-10,12H,3-6H2,1-2H3,(H,16,17)/t10-,12-/m1/s1. The Kier molecular flexibility index (Phi) is 4.18. The van der Waals surface area contributed by atoms with Crippen LogP contribution in [0.3, 0.4) is 0 Å². The molecule has 0 aliphatic heterocycles. The molecule has 98 valence electrons. The first-order valence-electron chi connectivity index (χ1n) is 6.51. The summed E-state index contributed by atoms with van der Waals surface area (Å²) in [5.74, 6) is 1.05. The fraction of sp³-hybridized carbons (Fsp3) is 0.571. The number of carbonyl (C=O) groups excluding carboxylic acids is 1. The van der Waals surface area contributed by atoms with Gasteiger partial charge in [-0.3, -0.25) is 4.79 Å². The second-order valence-electron chi connectivity index (χ2n) is 4.93.